The summed E-state index contributed by atoms with van der Waals surface area (Å²) in [6.45, 7) is 4.40. The van der Waals surface area contributed by atoms with Gasteiger partial charge in [-0.3, -0.25) is 14.4 Å². The number of nitrogen functional groups attached to an aromatic ring is 1. The number of carbonyl (C=O) groups excluding carboxylic acids is 4. The molecule has 2 aromatic heterocycles. The largest absolute Gasteiger partial charge is 0.508 e. The molecule has 5 N–H and O–H groups in total. The zero-order chi connectivity index (χ0) is 37.9. The molecule has 7 rings (SSSR count). The topological polar surface area (TPSA) is 169 Å². The number of urea groups is 1. The molecule has 5 amide bonds. The lowest BCUT2D eigenvalue weighted by atomic mass is 9.98. The maximum atomic E-state index is 14.6. The fourth-order valence-electron chi connectivity index (χ4n) is 7.30. The van der Waals surface area contributed by atoms with Crippen LogP contribution in [0.5, 0.6) is 5.75 Å². The van der Waals surface area contributed by atoms with Crippen molar-refractivity contribution >= 4 is 46.2 Å². The van der Waals surface area contributed by atoms with Crippen molar-refractivity contribution in [1.29, 1.82) is 0 Å². The normalized spacial score (nSPS) is 17.4. The first kappa shape index (κ1) is 35.7. The maximum absolute atomic E-state index is 14.6. The highest BCUT2D eigenvalue weighted by atomic mass is 16.3. The lowest BCUT2D eigenvalue weighted by Crippen LogP contribution is -2.76. The molecule has 276 valence electrons. The number of anilines is 2. The molecule has 0 aliphatic carbocycles. The third-order valence-electron chi connectivity index (χ3n) is 9.77. The number of piperazine rings is 1. The van der Waals surface area contributed by atoms with Gasteiger partial charge in [0.1, 0.15) is 23.8 Å². The van der Waals surface area contributed by atoms with Gasteiger partial charge in [0, 0.05) is 44.7 Å². The van der Waals surface area contributed by atoms with E-state index in [0.29, 0.717) is 22.5 Å². The fraction of sp³-hybridized carbons (Fsp3) is 0.225. The number of phenols is 1. The first-order valence-corrected chi connectivity index (χ1v) is 17.6. The zero-order valence-corrected chi connectivity index (χ0v) is 29.8. The number of hydrogen-bond donors (Lipinski definition) is 4. The van der Waals surface area contributed by atoms with E-state index in [2.05, 4.69) is 22.2 Å². The Kier molecular flexibility index (Phi) is 10.0. The summed E-state index contributed by atoms with van der Waals surface area (Å²) >= 11 is 0. The quantitative estimate of drug-likeness (QED) is 0.157. The highest BCUT2D eigenvalue weighted by Crippen LogP contribution is 2.32. The van der Waals surface area contributed by atoms with E-state index in [9.17, 15) is 24.3 Å². The molecule has 5 aromatic rings. The monoisotopic (exact) mass is 727 g/mol. The summed E-state index contributed by atoms with van der Waals surface area (Å²) in [6, 6.07) is 23.6. The number of aromatic nitrogens is 2. The second-order valence-corrected chi connectivity index (χ2v) is 13.4. The third-order valence-corrected chi connectivity index (χ3v) is 9.77. The van der Waals surface area contributed by atoms with Crippen molar-refractivity contribution < 1.29 is 24.3 Å². The Balaban J connectivity index is 1.23. The van der Waals surface area contributed by atoms with E-state index < -0.39 is 18.2 Å². The first-order chi connectivity index (χ1) is 26.1. The number of nitrogens with two attached hydrogens (primary N) is 1. The molecule has 0 bridgehead atoms. The molecule has 2 atom stereocenters. The van der Waals surface area contributed by atoms with Crippen LogP contribution in [-0.2, 0) is 36.1 Å². The molecule has 14 heteroatoms. The van der Waals surface area contributed by atoms with Gasteiger partial charge in [-0.2, -0.15) is 0 Å². The number of amides is 5. The number of para-hydroxylation sites is 1. The summed E-state index contributed by atoms with van der Waals surface area (Å²) in [4.78, 5) is 63.5. The van der Waals surface area contributed by atoms with Gasteiger partial charge in [-0.05, 0) is 41.0 Å². The summed E-state index contributed by atoms with van der Waals surface area (Å²) in [7, 11) is 1.84. The van der Waals surface area contributed by atoms with Gasteiger partial charge < -0.3 is 35.8 Å². The van der Waals surface area contributed by atoms with Crippen LogP contribution in [0.3, 0.4) is 0 Å². The number of pyridine rings is 1. The van der Waals surface area contributed by atoms with Crippen LogP contribution < -0.4 is 16.4 Å². The van der Waals surface area contributed by atoms with Crippen LogP contribution in [0.25, 0.3) is 10.9 Å². The zero-order valence-electron chi connectivity index (χ0n) is 29.8. The van der Waals surface area contributed by atoms with Gasteiger partial charge in [-0.1, -0.05) is 66.7 Å². The molecular weight excluding hydrogens is 686 g/mol. The summed E-state index contributed by atoms with van der Waals surface area (Å²) in [5.41, 5.74) is 9.83. The van der Waals surface area contributed by atoms with E-state index in [1.54, 1.807) is 58.6 Å². The molecule has 4 heterocycles. The molecule has 14 nitrogen and oxygen atoms in total. The van der Waals surface area contributed by atoms with Gasteiger partial charge in [-0.25, -0.2) is 19.8 Å². The predicted octanol–water partition coefficient (Wildman–Crippen LogP) is 3.85. The van der Waals surface area contributed by atoms with Crippen LogP contribution in [0.2, 0.25) is 0 Å². The summed E-state index contributed by atoms with van der Waals surface area (Å²) in [5.74, 6) is -0.484. The van der Waals surface area contributed by atoms with E-state index in [0.717, 1.165) is 22.2 Å². The van der Waals surface area contributed by atoms with Gasteiger partial charge in [-0.15, -0.1) is 6.58 Å². The van der Waals surface area contributed by atoms with E-state index in [4.69, 9.17) is 5.73 Å². The Morgan fingerprint density at radius 3 is 2.50 bits per heavy atom. The molecule has 1 unspecified atom stereocenters. The van der Waals surface area contributed by atoms with Crippen LogP contribution in [0.4, 0.5) is 16.3 Å². The minimum Gasteiger partial charge on any atom is -0.508 e. The van der Waals surface area contributed by atoms with Crippen molar-refractivity contribution in [1.82, 2.24) is 34.7 Å². The van der Waals surface area contributed by atoms with Crippen molar-refractivity contribution in [3.63, 3.8) is 0 Å². The van der Waals surface area contributed by atoms with E-state index in [-0.39, 0.29) is 62.6 Å². The third kappa shape index (κ3) is 7.19. The Labute approximate surface area is 312 Å². The molecule has 2 aliphatic heterocycles. The van der Waals surface area contributed by atoms with Gasteiger partial charge in [0.2, 0.25) is 11.8 Å². The Morgan fingerprint density at radius 2 is 1.78 bits per heavy atom. The average molecular weight is 728 g/mol. The van der Waals surface area contributed by atoms with E-state index in [1.165, 1.54) is 16.1 Å². The van der Waals surface area contributed by atoms with E-state index in [1.807, 2.05) is 60.1 Å². The highest BCUT2D eigenvalue weighted by molar-refractivity contribution is 6.13. The first-order valence-electron chi connectivity index (χ1n) is 17.6. The van der Waals surface area contributed by atoms with Crippen LogP contribution in [0.15, 0.2) is 110 Å². The Morgan fingerprint density at radius 1 is 1.00 bits per heavy atom. The second kappa shape index (κ2) is 15.1. The number of aromatic hydroxyl groups is 1. The van der Waals surface area contributed by atoms with Gasteiger partial charge in [0.15, 0.2) is 0 Å². The Hall–Kier alpha value is -6.67. The van der Waals surface area contributed by atoms with Crippen molar-refractivity contribution in [2.75, 3.05) is 30.7 Å². The number of hydrazine groups is 1. The number of carbonyl (C=O) groups is 4. The van der Waals surface area contributed by atoms with Crippen LogP contribution in [-0.4, -0.2) is 90.1 Å². The molecule has 3 aromatic carbocycles. The number of fused-ring (bicyclic) bond motifs is 2. The van der Waals surface area contributed by atoms with Crippen molar-refractivity contribution in [2.24, 2.45) is 7.05 Å². The number of phenolic OH excluding ortho intramolecular Hbond substituents is 1. The van der Waals surface area contributed by atoms with Crippen molar-refractivity contribution in [2.45, 2.75) is 31.7 Å². The molecule has 2 saturated heterocycles. The fourth-order valence-corrected chi connectivity index (χ4v) is 7.30. The average Bonchev–Trinajstić information content (AvgIpc) is 3.51. The number of nitrogens with one attached hydrogen (secondary N) is 2. The highest BCUT2D eigenvalue weighted by Gasteiger charge is 2.51. The lowest BCUT2D eigenvalue weighted by Gasteiger charge is -2.55. The van der Waals surface area contributed by atoms with Crippen molar-refractivity contribution in [3.8, 4) is 5.75 Å². The van der Waals surface area contributed by atoms with Crippen molar-refractivity contribution in [3.05, 3.63) is 132 Å². The van der Waals surface area contributed by atoms with E-state index >= 15 is 0 Å². The van der Waals surface area contributed by atoms with Gasteiger partial charge >= 0.3 is 6.03 Å². The maximum Gasteiger partial charge on any atom is 0.334 e. The molecular formula is C40H41N9O5. The molecule has 2 aliphatic rings. The smallest absolute Gasteiger partial charge is 0.334 e. The van der Waals surface area contributed by atoms with Crippen LogP contribution in [0.1, 0.15) is 27.0 Å². The summed E-state index contributed by atoms with van der Waals surface area (Å²) < 4.78 is 1.86. The van der Waals surface area contributed by atoms with Gasteiger partial charge in [0.25, 0.3) is 5.91 Å². The summed E-state index contributed by atoms with van der Waals surface area (Å²) in [6.07, 6.45) is 4.18. The molecule has 54 heavy (non-hydrogen) atoms. The molecule has 0 saturated carbocycles. The Bertz CT molecular complexity index is 2210. The standard InChI is InChI=1S/C40H41N9O5/c1-3-18-47-25-36(51)48-33(19-26-12-15-30(50)16-13-26)39(53)46(24-35(48)49(47)40(54)43-20-27-8-5-4-6-9-27)22-28-10-7-11-31-32(23-45(2)37(28)31)38(52)44-29-14-17-34(41)42-21-29/h3-17,21,23,33,35,50H,1,18-20,22,24-25H2,2H3,(H2,41,42)(H,43,54)(H,44,52)/t33-,35?/m0/s1. The van der Waals surface area contributed by atoms with Gasteiger partial charge in [0.05, 0.1) is 36.1 Å². The second-order valence-electron chi connectivity index (χ2n) is 13.4. The number of benzene rings is 3. The van der Waals surface area contributed by atoms with Crippen LogP contribution in [0, 0.1) is 0 Å². The SMILES string of the molecule is C=CCN1CC(=O)N2C(CN(Cc3cccc4c(C(=O)Nc5ccc(N)nc5)cn(C)c34)C(=O)[C@@H]2Cc2ccc(O)cc2)N1C(=O)NCc1ccccc1. The number of hydrogen-bond acceptors (Lipinski definition) is 8. The summed E-state index contributed by atoms with van der Waals surface area (Å²) in [5, 5.41) is 19.7. The molecule has 0 radical (unpaired) electrons. The number of aryl methyl sites for hydroxylation is 1. The predicted molar refractivity (Wildman–Crippen MR) is 203 cm³/mol. The minimum atomic E-state index is -0.946. The number of nitrogens with zero attached hydrogens (tertiary/aromatic N) is 6. The number of rotatable bonds is 10. The van der Waals surface area contributed by atoms with Crippen LogP contribution >= 0.6 is 0 Å². The molecule has 2 fully saturated rings. The molecule has 0 spiro atoms. The minimum absolute atomic E-state index is 0.0291. The lowest BCUT2D eigenvalue weighted by molar-refractivity contribution is -0.189.